The first-order valence-corrected chi connectivity index (χ1v) is 12.8. The summed E-state index contributed by atoms with van der Waals surface area (Å²) in [5.74, 6) is -1.73. The van der Waals surface area contributed by atoms with Crippen LogP contribution < -0.4 is 15.4 Å². The van der Waals surface area contributed by atoms with Gasteiger partial charge in [-0.25, -0.2) is 0 Å². The van der Waals surface area contributed by atoms with Gasteiger partial charge in [-0.2, -0.15) is 0 Å². The lowest BCUT2D eigenvalue weighted by molar-refractivity contribution is -0.147. The second kappa shape index (κ2) is 9.34. The molecule has 2 bridgehead atoms. The third-order valence-electron chi connectivity index (χ3n) is 7.83. The van der Waals surface area contributed by atoms with Gasteiger partial charge >= 0.3 is 0 Å². The predicted octanol–water partition coefficient (Wildman–Crippen LogP) is 2.33. The second-order valence-corrected chi connectivity index (χ2v) is 11.5. The SMILES string of the molecule is CCOc1ccc(NC(=O)[C@@H]2[C@H]3C(=O)N(CCCO)C(C(=O)NC(C)(C)C)C34CC(C)[C@@]2(C)O4)cc1. The second-order valence-electron chi connectivity index (χ2n) is 11.5. The van der Waals surface area contributed by atoms with Gasteiger partial charge in [0.15, 0.2) is 0 Å². The van der Waals surface area contributed by atoms with Gasteiger partial charge in [0, 0.05) is 24.4 Å². The number of rotatable bonds is 8. The number of anilines is 1. The Bertz CT molecular complexity index is 1020. The summed E-state index contributed by atoms with van der Waals surface area (Å²) in [6, 6.07) is 6.23. The molecular weight excluding hydrogens is 462 g/mol. The van der Waals surface area contributed by atoms with E-state index in [1.807, 2.05) is 41.5 Å². The number of ether oxygens (including phenoxy) is 2. The highest BCUT2D eigenvalue weighted by molar-refractivity contribution is 6.02. The molecule has 3 aliphatic heterocycles. The minimum atomic E-state index is -1.10. The Kier molecular flexibility index (Phi) is 6.85. The molecule has 0 saturated carbocycles. The normalized spacial score (nSPS) is 33.0. The zero-order valence-electron chi connectivity index (χ0n) is 22.1. The molecule has 1 aromatic carbocycles. The summed E-state index contributed by atoms with van der Waals surface area (Å²) in [6.07, 6.45) is 0.842. The number of aliphatic hydroxyl groups excluding tert-OH is 1. The number of nitrogens with zero attached hydrogens (tertiary/aromatic N) is 1. The highest BCUT2D eigenvalue weighted by Gasteiger charge is 2.79. The molecule has 3 aliphatic rings. The van der Waals surface area contributed by atoms with Crippen molar-refractivity contribution in [3.8, 4) is 5.75 Å². The van der Waals surface area contributed by atoms with Crippen LogP contribution in [0.2, 0.25) is 0 Å². The fourth-order valence-corrected chi connectivity index (χ4v) is 6.38. The summed E-state index contributed by atoms with van der Waals surface area (Å²) in [6.45, 7) is 12.1. The Morgan fingerprint density at radius 3 is 2.47 bits per heavy atom. The van der Waals surface area contributed by atoms with E-state index in [4.69, 9.17) is 9.47 Å². The maximum Gasteiger partial charge on any atom is 0.246 e. The molecule has 3 amide bonds. The van der Waals surface area contributed by atoms with Crippen molar-refractivity contribution in [2.24, 2.45) is 17.8 Å². The number of carbonyl (C=O) groups is 3. The number of nitrogens with one attached hydrogen (secondary N) is 2. The number of hydrogen-bond donors (Lipinski definition) is 3. The zero-order chi connectivity index (χ0) is 26.5. The van der Waals surface area contributed by atoms with Gasteiger partial charge in [0.25, 0.3) is 0 Å². The standard InChI is InChI=1S/C27H39N3O6/c1-7-35-18-11-9-17(10-12-18)28-22(32)19-20-24(34)30(13-8-14-31)21(23(33)29-25(3,4)5)27(20)15-16(2)26(19,6)36-27/h9-12,16,19-21,31H,7-8,13-15H2,1-6H3,(H,28,32)(H,29,33)/t16?,19-,20-,21?,26+,27?/m0/s1. The molecule has 36 heavy (non-hydrogen) atoms. The molecule has 9 nitrogen and oxygen atoms in total. The van der Waals surface area contributed by atoms with Gasteiger partial charge in [-0.1, -0.05) is 6.92 Å². The third kappa shape index (κ3) is 4.26. The largest absolute Gasteiger partial charge is 0.494 e. The first-order chi connectivity index (χ1) is 16.9. The molecular formula is C27H39N3O6. The molecule has 9 heteroatoms. The van der Waals surface area contributed by atoms with Crippen LogP contribution in [0.5, 0.6) is 5.75 Å². The number of fused-ring (bicyclic) bond motifs is 1. The van der Waals surface area contributed by atoms with Gasteiger partial charge < -0.3 is 30.1 Å². The Hall–Kier alpha value is -2.65. The van der Waals surface area contributed by atoms with E-state index >= 15 is 0 Å². The van der Waals surface area contributed by atoms with Gasteiger partial charge in [-0.05, 0) is 77.6 Å². The third-order valence-corrected chi connectivity index (χ3v) is 7.83. The Morgan fingerprint density at radius 2 is 1.89 bits per heavy atom. The fraction of sp³-hybridized carbons (Fsp3) is 0.667. The maximum atomic E-state index is 13.9. The number of likely N-dealkylation sites (tertiary alicyclic amines) is 1. The molecule has 0 radical (unpaired) electrons. The molecule has 1 spiro atoms. The van der Waals surface area contributed by atoms with E-state index in [0.29, 0.717) is 30.9 Å². The molecule has 3 fully saturated rings. The summed E-state index contributed by atoms with van der Waals surface area (Å²) >= 11 is 0. The smallest absolute Gasteiger partial charge is 0.246 e. The van der Waals surface area contributed by atoms with Gasteiger partial charge in [0.1, 0.15) is 17.4 Å². The number of hydrogen-bond acceptors (Lipinski definition) is 6. The van der Waals surface area contributed by atoms with Crippen LogP contribution in [-0.4, -0.2) is 70.3 Å². The van der Waals surface area contributed by atoms with Crippen LogP contribution in [0.25, 0.3) is 0 Å². The average molecular weight is 502 g/mol. The van der Waals surface area contributed by atoms with Crippen molar-refractivity contribution in [2.45, 2.75) is 77.2 Å². The molecule has 3 N–H and O–H groups in total. The highest BCUT2D eigenvalue weighted by Crippen LogP contribution is 2.65. The van der Waals surface area contributed by atoms with E-state index in [1.165, 1.54) is 4.90 Å². The van der Waals surface area contributed by atoms with Crippen LogP contribution in [-0.2, 0) is 19.1 Å². The number of aliphatic hydroxyl groups is 1. The Balaban J connectivity index is 1.69. The summed E-state index contributed by atoms with van der Waals surface area (Å²) < 4.78 is 12.1. The highest BCUT2D eigenvalue weighted by atomic mass is 16.5. The monoisotopic (exact) mass is 501 g/mol. The lowest BCUT2D eigenvalue weighted by atomic mass is 9.62. The van der Waals surface area contributed by atoms with Crippen LogP contribution in [0.15, 0.2) is 24.3 Å². The fourth-order valence-electron chi connectivity index (χ4n) is 6.38. The number of benzene rings is 1. The maximum absolute atomic E-state index is 13.9. The van der Waals surface area contributed by atoms with Crippen LogP contribution in [0.1, 0.15) is 54.4 Å². The quantitative estimate of drug-likeness (QED) is 0.503. The van der Waals surface area contributed by atoms with Crippen LogP contribution in [0.3, 0.4) is 0 Å². The van der Waals surface area contributed by atoms with Gasteiger partial charge in [-0.3, -0.25) is 14.4 Å². The van der Waals surface area contributed by atoms with Crippen molar-refractivity contribution >= 4 is 23.4 Å². The average Bonchev–Trinajstić information content (AvgIpc) is 3.29. The molecule has 3 unspecified atom stereocenters. The van der Waals surface area contributed by atoms with Crippen molar-refractivity contribution in [3.63, 3.8) is 0 Å². The minimum Gasteiger partial charge on any atom is -0.494 e. The first-order valence-electron chi connectivity index (χ1n) is 12.8. The Morgan fingerprint density at radius 1 is 1.22 bits per heavy atom. The van der Waals surface area contributed by atoms with Gasteiger partial charge in [-0.15, -0.1) is 0 Å². The summed E-state index contributed by atoms with van der Waals surface area (Å²) in [4.78, 5) is 42.8. The predicted molar refractivity (Wildman–Crippen MR) is 134 cm³/mol. The van der Waals surface area contributed by atoms with E-state index in [0.717, 1.165) is 0 Å². The van der Waals surface area contributed by atoms with E-state index in [-0.39, 0.29) is 36.8 Å². The molecule has 198 valence electrons. The first kappa shape index (κ1) is 26.4. The summed E-state index contributed by atoms with van der Waals surface area (Å²) in [7, 11) is 0. The minimum absolute atomic E-state index is 0.0413. The zero-order valence-corrected chi connectivity index (χ0v) is 22.1. The van der Waals surface area contributed by atoms with Gasteiger partial charge in [0.05, 0.1) is 24.0 Å². The molecule has 3 heterocycles. The van der Waals surface area contributed by atoms with Crippen molar-refractivity contribution in [2.75, 3.05) is 25.1 Å². The molecule has 0 aliphatic carbocycles. The molecule has 1 aromatic rings. The molecule has 4 rings (SSSR count). The molecule has 0 aromatic heterocycles. The van der Waals surface area contributed by atoms with Crippen molar-refractivity contribution < 1.29 is 29.0 Å². The molecule has 3 saturated heterocycles. The van der Waals surface area contributed by atoms with Gasteiger partial charge in [0.2, 0.25) is 17.7 Å². The van der Waals surface area contributed by atoms with E-state index < -0.39 is 34.6 Å². The molecule has 6 atom stereocenters. The summed E-state index contributed by atoms with van der Waals surface area (Å²) in [5.41, 5.74) is -1.90. The number of amides is 3. The van der Waals surface area contributed by atoms with Crippen molar-refractivity contribution in [1.29, 1.82) is 0 Å². The van der Waals surface area contributed by atoms with E-state index in [2.05, 4.69) is 10.6 Å². The van der Waals surface area contributed by atoms with Crippen molar-refractivity contribution in [3.05, 3.63) is 24.3 Å². The van der Waals surface area contributed by atoms with Crippen LogP contribution in [0.4, 0.5) is 5.69 Å². The Labute approximate surface area is 212 Å². The summed E-state index contributed by atoms with van der Waals surface area (Å²) in [5, 5.41) is 15.4. The van der Waals surface area contributed by atoms with E-state index in [1.54, 1.807) is 24.3 Å². The van der Waals surface area contributed by atoms with Crippen LogP contribution >= 0.6 is 0 Å². The van der Waals surface area contributed by atoms with Crippen LogP contribution in [0, 0.1) is 17.8 Å². The lowest BCUT2D eigenvalue weighted by Crippen LogP contribution is -2.58. The lowest BCUT2D eigenvalue weighted by Gasteiger charge is -2.36. The van der Waals surface area contributed by atoms with E-state index in [9.17, 15) is 19.5 Å². The number of carbonyl (C=O) groups excluding carboxylic acids is 3. The van der Waals surface area contributed by atoms with Crippen molar-refractivity contribution in [1.82, 2.24) is 10.2 Å². The topological polar surface area (TPSA) is 117 Å².